The zero-order valence-electron chi connectivity index (χ0n) is 17.6. The summed E-state index contributed by atoms with van der Waals surface area (Å²) in [6.07, 6.45) is -0.822. The number of nitrogens with zero attached hydrogens (tertiary/aromatic N) is 2. The van der Waals surface area contributed by atoms with Crippen LogP contribution < -0.4 is 9.30 Å². The van der Waals surface area contributed by atoms with Crippen molar-refractivity contribution in [1.82, 2.24) is 4.57 Å². The van der Waals surface area contributed by atoms with Crippen molar-refractivity contribution in [2.24, 2.45) is 0 Å². The first-order chi connectivity index (χ1) is 15.5. The van der Waals surface area contributed by atoms with Gasteiger partial charge in [0, 0.05) is 5.56 Å². The van der Waals surface area contributed by atoms with E-state index in [9.17, 15) is 13.2 Å². The second-order valence-corrected chi connectivity index (χ2v) is 7.77. The summed E-state index contributed by atoms with van der Waals surface area (Å²) in [5.74, 6) is 1.71. The van der Waals surface area contributed by atoms with Crippen LogP contribution in [0.1, 0.15) is 23.9 Å². The van der Waals surface area contributed by atoms with E-state index in [-0.39, 0.29) is 0 Å². The number of halogens is 3. The monoisotopic (exact) mass is 435 g/mol. The molecule has 0 radical (unpaired) electrons. The lowest BCUT2D eigenvalue weighted by Crippen LogP contribution is -2.39. The van der Waals surface area contributed by atoms with Gasteiger partial charge >= 0.3 is 6.18 Å². The van der Waals surface area contributed by atoms with Crippen LogP contribution in [-0.2, 0) is 19.0 Å². The zero-order valence-corrected chi connectivity index (χ0v) is 17.6. The van der Waals surface area contributed by atoms with Crippen LogP contribution in [0, 0.1) is 0 Å². The van der Waals surface area contributed by atoms with Crippen molar-refractivity contribution in [3.63, 3.8) is 0 Å². The van der Waals surface area contributed by atoms with E-state index < -0.39 is 11.7 Å². The standard InChI is InChI=1S/C26H22F3N2O/c1-2-32-22-13-10-19(11-14-22)24-17-30-23-9-4-3-6-18(23)12-15-25(30)31(24)21-8-5-7-20(16-21)26(27,28)29/h3-11,13-14,16-17H,2,12,15H2,1H3/q+1. The molecular weight excluding hydrogens is 413 g/mol. The van der Waals surface area contributed by atoms with Crippen LogP contribution >= 0.6 is 0 Å². The molecule has 1 aromatic heterocycles. The largest absolute Gasteiger partial charge is 0.494 e. The average Bonchev–Trinajstić information content (AvgIpc) is 3.19. The number of aromatic nitrogens is 2. The Morgan fingerprint density at radius 3 is 2.47 bits per heavy atom. The SMILES string of the molecule is CCOc1ccc(-c2c[n+]3c(n2-c2cccc(C(F)(F)F)c2)CCc2ccccc2-3)cc1. The maximum Gasteiger partial charge on any atom is 0.416 e. The Bertz CT molecular complexity index is 1270. The third-order valence-electron chi connectivity index (χ3n) is 5.79. The van der Waals surface area contributed by atoms with Gasteiger partial charge in [-0.05, 0) is 67.4 Å². The van der Waals surface area contributed by atoms with Crippen molar-refractivity contribution in [2.45, 2.75) is 25.9 Å². The third kappa shape index (κ3) is 3.55. The van der Waals surface area contributed by atoms with Gasteiger partial charge in [0.15, 0.2) is 5.69 Å². The molecule has 162 valence electrons. The molecule has 5 rings (SSSR count). The predicted molar refractivity (Wildman–Crippen MR) is 116 cm³/mol. The predicted octanol–water partition coefficient (Wildman–Crippen LogP) is 5.94. The topological polar surface area (TPSA) is 18.0 Å². The number of rotatable bonds is 4. The normalized spacial score (nSPS) is 12.9. The Morgan fingerprint density at radius 1 is 0.938 bits per heavy atom. The summed E-state index contributed by atoms with van der Waals surface area (Å²) in [5, 5.41) is 0. The van der Waals surface area contributed by atoms with E-state index in [1.165, 1.54) is 17.7 Å². The van der Waals surface area contributed by atoms with Gasteiger partial charge in [-0.25, -0.2) is 0 Å². The number of benzene rings is 3. The van der Waals surface area contributed by atoms with E-state index in [1.54, 1.807) is 6.07 Å². The van der Waals surface area contributed by atoms with Gasteiger partial charge in [0.25, 0.3) is 5.82 Å². The number of ether oxygens (including phenoxy) is 1. The van der Waals surface area contributed by atoms with Gasteiger partial charge in [-0.2, -0.15) is 22.3 Å². The fourth-order valence-electron chi connectivity index (χ4n) is 4.35. The van der Waals surface area contributed by atoms with E-state index >= 15 is 0 Å². The molecule has 0 spiro atoms. The van der Waals surface area contributed by atoms with Gasteiger partial charge in [-0.1, -0.05) is 24.3 Å². The first-order valence-corrected chi connectivity index (χ1v) is 10.6. The minimum Gasteiger partial charge on any atom is -0.494 e. The van der Waals surface area contributed by atoms with Crippen molar-refractivity contribution in [2.75, 3.05) is 6.61 Å². The molecule has 0 unspecified atom stereocenters. The van der Waals surface area contributed by atoms with Gasteiger partial charge in [0.1, 0.15) is 23.3 Å². The van der Waals surface area contributed by atoms with Crippen molar-refractivity contribution < 1.29 is 22.5 Å². The number of para-hydroxylation sites is 1. The highest BCUT2D eigenvalue weighted by atomic mass is 19.4. The summed E-state index contributed by atoms with van der Waals surface area (Å²) in [7, 11) is 0. The maximum atomic E-state index is 13.5. The Morgan fingerprint density at radius 2 is 1.72 bits per heavy atom. The molecule has 0 amide bonds. The fourth-order valence-corrected chi connectivity index (χ4v) is 4.35. The second kappa shape index (κ2) is 7.86. The van der Waals surface area contributed by atoms with Gasteiger partial charge in [-0.15, -0.1) is 0 Å². The lowest BCUT2D eigenvalue weighted by Gasteiger charge is -2.14. The molecule has 0 fully saturated rings. The summed E-state index contributed by atoms with van der Waals surface area (Å²) in [4.78, 5) is 0. The Labute approximate surface area is 184 Å². The smallest absolute Gasteiger partial charge is 0.416 e. The first-order valence-electron chi connectivity index (χ1n) is 10.6. The van der Waals surface area contributed by atoms with Crippen molar-refractivity contribution >= 4 is 0 Å². The van der Waals surface area contributed by atoms with Crippen molar-refractivity contribution in [1.29, 1.82) is 0 Å². The summed E-state index contributed by atoms with van der Waals surface area (Å²) in [6, 6.07) is 21.4. The number of fused-ring (bicyclic) bond motifs is 3. The lowest BCUT2D eigenvalue weighted by molar-refractivity contribution is -0.606. The van der Waals surface area contributed by atoms with E-state index in [4.69, 9.17) is 4.74 Å². The highest BCUT2D eigenvalue weighted by molar-refractivity contribution is 5.63. The third-order valence-corrected chi connectivity index (χ3v) is 5.79. The van der Waals surface area contributed by atoms with E-state index in [2.05, 4.69) is 16.7 Å². The van der Waals surface area contributed by atoms with Crippen LogP contribution in [0.2, 0.25) is 0 Å². The fraction of sp³-hybridized carbons (Fsp3) is 0.192. The highest BCUT2D eigenvalue weighted by Gasteiger charge is 2.34. The number of hydrogen-bond acceptors (Lipinski definition) is 1. The quantitative estimate of drug-likeness (QED) is 0.363. The Hall–Kier alpha value is -3.54. The molecule has 2 heterocycles. The van der Waals surface area contributed by atoms with Crippen LogP contribution in [0.4, 0.5) is 13.2 Å². The summed E-state index contributed by atoms with van der Waals surface area (Å²) < 4.78 is 50.0. The molecule has 4 aromatic rings. The number of imidazole rings is 1. The maximum absolute atomic E-state index is 13.5. The molecule has 0 atom stereocenters. The molecule has 6 heteroatoms. The van der Waals surface area contributed by atoms with Crippen LogP contribution in [-0.4, -0.2) is 11.2 Å². The molecule has 0 bridgehead atoms. The molecule has 3 aromatic carbocycles. The Balaban J connectivity index is 1.73. The average molecular weight is 435 g/mol. The van der Waals surface area contributed by atoms with E-state index in [0.717, 1.165) is 47.4 Å². The van der Waals surface area contributed by atoms with Crippen LogP contribution in [0.3, 0.4) is 0 Å². The Kier molecular flexibility index (Phi) is 5.00. The molecule has 1 aliphatic heterocycles. The molecule has 32 heavy (non-hydrogen) atoms. The number of alkyl halides is 3. The minimum atomic E-state index is -4.40. The van der Waals surface area contributed by atoms with Crippen molar-refractivity contribution in [3.8, 4) is 28.4 Å². The number of aryl methyl sites for hydroxylation is 1. The van der Waals surface area contributed by atoms with Crippen molar-refractivity contribution in [3.05, 3.63) is 95.9 Å². The van der Waals surface area contributed by atoms with Gasteiger partial charge in [-0.3, -0.25) is 0 Å². The van der Waals surface area contributed by atoms with E-state index in [1.807, 2.05) is 54.1 Å². The second-order valence-electron chi connectivity index (χ2n) is 7.77. The zero-order chi connectivity index (χ0) is 22.3. The molecule has 0 saturated carbocycles. The van der Waals surface area contributed by atoms with Crippen LogP contribution in [0.5, 0.6) is 5.75 Å². The van der Waals surface area contributed by atoms with Gasteiger partial charge in [0.2, 0.25) is 0 Å². The van der Waals surface area contributed by atoms with Gasteiger partial charge in [0.05, 0.1) is 18.6 Å². The first kappa shape index (κ1) is 20.4. The molecule has 3 nitrogen and oxygen atoms in total. The molecular formula is C26H22F3N2O+. The minimum absolute atomic E-state index is 0.497. The lowest BCUT2D eigenvalue weighted by atomic mass is 10.0. The molecule has 0 aliphatic carbocycles. The van der Waals surface area contributed by atoms with Gasteiger partial charge < -0.3 is 4.74 Å². The number of hydrogen-bond donors (Lipinski definition) is 0. The molecule has 0 saturated heterocycles. The highest BCUT2D eigenvalue weighted by Crippen LogP contribution is 2.34. The van der Waals surface area contributed by atoms with E-state index in [0.29, 0.717) is 12.3 Å². The summed E-state index contributed by atoms with van der Waals surface area (Å²) in [6.45, 7) is 2.50. The van der Waals surface area contributed by atoms with Crippen LogP contribution in [0.25, 0.3) is 22.6 Å². The summed E-state index contributed by atoms with van der Waals surface area (Å²) >= 11 is 0. The molecule has 0 N–H and O–H groups in total. The molecule has 1 aliphatic rings. The van der Waals surface area contributed by atoms with Crippen LogP contribution in [0.15, 0.2) is 79.0 Å². The summed E-state index contributed by atoms with van der Waals surface area (Å²) in [5.41, 5.74) is 3.87.